The van der Waals surface area contributed by atoms with Gasteiger partial charge in [-0.05, 0) is 49.1 Å². The van der Waals surface area contributed by atoms with Crippen LogP contribution in [-0.2, 0) is 13.5 Å². The highest BCUT2D eigenvalue weighted by Gasteiger charge is 2.13. The zero-order valence-electron chi connectivity index (χ0n) is 12.4. The first-order valence-corrected chi connectivity index (χ1v) is 7.86. The van der Waals surface area contributed by atoms with Crippen LogP contribution in [0, 0.1) is 6.92 Å². The topological polar surface area (TPSA) is 29.9 Å². The second-order valence-corrected chi connectivity index (χ2v) is 6.10. The van der Waals surface area contributed by atoms with E-state index in [1.807, 2.05) is 17.9 Å². The van der Waals surface area contributed by atoms with Gasteiger partial charge < -0.3 is 5.32 Å². The van der Waals surface area contributed by atoms with Crippen molar-refractivity contribution in [2.24, 2.45) is 7.05 Å². The lowest BCUT2D eigenvalue weighted by atomic mass is 9.99. The van der Waals surface area contributed by atoms with Gasteiger partial charge in [0.1, 0.15) is 0 Å². The zero-order valence-corrected chi connectivity index (χ0v) is 13.9. The Bertz CT molecular complexity index is 563. The van der Waals surface area contributed by atoms with E-state index >= 15 is 0 Å². The minimum atomic E-state index is 0.339. The Hall–Kier alpha value is -1.13. The fraction of sp³-hybridized carbons (Fsp3) is 0.438. The van der Waals surface area contributed by atoms with E-state index < -0.39 is 0 Å². The molecule has 1 atom stereocenters. The third kappa shape index (κ3) is 3.93. The Morgan fingerprint density at radius 1 is 1.40 bits per heavy atom. The van der Waals surface area contributed by atoms with Crippen molar-refractivity contribution in [1.29, 1.82) is 0 Å². The molecule has 1 N–H and O–H groups in total. The number of nitrogens with zero attached hydrogens (tertiary/aromatic N) is 2. The van der Waals surface area contributed by atoms with Gasteiger partial charge in [-0.2, -0.15) is 5.10 Å². The van der Waals surface area contributed by atoms with E-state index in [1.165, 1.54) is 16.7 Å². The highest BCUT2D eigenvalue weighted by Crippen LogP contribution is 2.23. The molecule has 0 fully saturated rings. The summed E-state index contributed by atoms with van der Waals surface area (Å²) >= 11 is 3.57. The molecule has 1 aromatic heterocycles. The molecule has 0 bridgehead atoms. The third-order valence-corrected chi connectivity index (χ3v) is 4.31. The number of hydrogen-bond acceptors (Lipinski definition) is 2. The molecule has 2 aromatic rings. The molecule has 0 aliphatic heterocycles. The Balaban J connectivity index is 2.19. The van der Waals surface area contributed by atoms with Crippen LogP contribution in [0.3, 0.4) is 0 Å². The molecule has 0 spiro atoms. The van der Waals surface area contributed by atoms with Gasteiger partial charge in [-0.25, -0.2) is 0 Å². The molecule has 108 valence electrons. The van der Waals surface area contributed by atoms with Crippen molar-refractivity contribution in [2.45, 2.75) is 32.7 Å². The SMILES string of the molecule is CCCNC(Cc1cnn(C)c1)c1ccc(Br)c(C)c1. The summed E-state index contributed by atoms with van der Waals surface area (Å²) in [5, 5.41) is 7.89. The molecule has 1 aromatic carbocycles. The number of halogens is 1. The highest BCUT2D eigenvalue weighted by molar-refractivity contribution is 9.10. The molecule has 0 aliphatic rings. The van der Waals surface area contributed by atoms with E-state index in [0.29, 0.717) is 6.04 Å². The van der Waals surface area contributed by atoms with Crippen LogP contribution in [0.4, 0.5) is 0 Å². The number of aryl methyl sites for hydroxylation is 2. The van der Waals surface area contributed by atoms with Crippen LogP contribution >= 0.6 is 15.9 Å². The van der Waals surface area contributed by atoms with Crippen LogP contribution in [0.15, 0.2) is 35.1 Å². The van der Waals surface area contributed by atoms with Crippen molar-refractivity contribution < 1.29 is 0 Å². The van der Waals surface area contributed by atoms with Gasteiger partial charge in [-0.15, -0.1) is 0 Å². The first-order chi connectivity index (χ1) is 9.60. The summed E-state index contributed by atoms with van der Waals surface area (Å²) in [5.74, 6) is 0. The molecule has 0 aliphatic carbocycles. The van der Waals surface area contributed by atoms with E-state index in [2.05, 4.69) is 64.6 Å². The number of benzene rings is 1. The van der Waals surface area contributed by atoms with E-state index in [1.54, 1.807) is 0 Å². The molecule has 4 heteroatoms. The fourth-order valence-corrected chi connectivity index (χ4v) is 2.57. The normalized spacial score (nSPS) is 12.6. The van der Waals surface area contributed by atoms with E-state index in [4.69, 9.17) is 0 Å². The van der Waals surface area contributed by atoms with Crippen LogP contribution in [0.25, 0.3) is 0 Å². The monoisotopic (exact) mass is 335 g/mol. The standard InChI is InChI=1S/C16H22BrN3/c1-4-7-18-16(9-13-10-19-20(3)11-13)14-5-6-15(17)12(2)8-14/h5-6,8,10-11,16,18H,4,7,9H2,1-3H3. The smallest absolute Gasteiger partial charge is 0.0522 e. The largest absolute Gasteiger partial charge is 0.310 e. The van der Waals surface area contributed by atoms with Gasteiger partial charge in [-0.3, -0.25) is 4.68 Å². The highest BCUT2D eigenvalue weighted by atomic mass is 79.9. The van der Waals surface area contributed by atoms with Gasteiger partial charge in [0.2, 0.25) is 0 Å². The van der Waals surface area contributed by atoms with Gasteiger partial charge in [0.15, 0.2) is 0 Å². The van der Waals surface area contributed by atoms with Gasteiger partial charge in [-0.1, -0.05) is 35.0 Å². The Labute approximate surface area is 129 Å². The Kier molecular flexibility index (Phi) is 5.38. The maximum absolute atomic E-state index is 4.26. The minimum Gasteiger partial charge on any atom is -0.310 e. The summed E-state index contributed by atoms with van der Waals surface area (Å²) in [6, 6.07) is 6.93. The summed E-state index contributed by atoms with van der Waals surface area (Å²) in [5.41, 5.74) is 3.88. The van der Waals surface area contributed by atoms with Crippen LogP contribution in [0.2, 0.25) is 0 Å². The molecule has 0 amide bonds. The maximum atomic E-state index is 4.26. The van der Waals surface area contributed by atoms with Crippen molar-refractivity contribution in [2.75, 3.05) is 6.54 Å². The summed E-state index contributed by atoms with van der Waals surface area (Å²) in [4.78, 5) is 0. The third-order valence-electron chi connectivity index (χ3n) is 3.42. The second-order valence-electron chi connectivity index (χ2n) is 5.24. The molecule has 0 saturated carbocycles. The number of rotatable bonds is 6. The van der Waals surface area contributed by atoms with Crippen molar-refractivity contribution in [3.63, 3.8) is 0 Å². The molecule has 1 unspecified atom stereocenters. The van der Waals surface area contributed by atoms with Gasteiger partial charge >= 0.3 is 0 Å². The average Bonchev–Trinajstić information content (AvgIpc) is 2.83. The van der Waals surface area contributed by atoms with E-state index in [9.17, 15) is 0 Å². The molecule has 1 heterocycles. The first-order valence-electron chi connectivity index (χ1n) is 7.07. The lowest BCUT2D eigenvalue weighted by molar-refractivity contribution is 0.529. The average molecular weight is 336 g/mol. The second kappa shape index (κ2) is 7.04. The molecular formula is C16H22BrN3. The van der Waals surface area contributed by atoms with Crippen molar-refractivity contribution >= 4 is 15.9 Å². The Morgan fingerprint density at radius 3 is 2.80 bits per heavy atom. The van der Waals surface area contributed by atoms with E-state index in [0.717, 1.165) is 23.9 Å². The molecule has 2 rings (SSSR count). The predicted octanol–water partition coefficient (Wildman–Crippen LogP) is 3.77. The Morgan fingerprint density at radius 2 is 2.20 bits per heavy atom. The lowest BCUT2D eigenvalue weighted by Gasteiger charge is -2.19. The minimum absolute atomic E-state index is 0.339. The quantitative estimate of drug-likeness (QED) is 0.870. The van der Waals surface area contributed by atoms with Crippen LogP contribution in [0.5, 0.6) is 0 Å². The lowest BCUT2D eigenvalue weighted by Crippen LogP contribution is -2.24. The maximum Gasteiger partial charge on any atom is 0.0522 e. The predicted molar refractivity (Wildman–Crippen MR) is 86.8 cm³/mol. The van der Waals surface area contributed by atoms with Crippen LogP contribution < -0.4 is 5.32 Å². The molecule has 0 radical (unpaired) electrons. The molecule has 20 heavy (non-hydrogen) atoms. The fourth-order valence-electron chi connectivity index (χ4n) is 2.32. The molecule has 0 saturated heterocycles. The first kappa shape index (κ1) is 15.3. The van der Waals surface area contributed by atoms with Gasteiger partial charge in [0.05, 0.1) is 6.20 Å². The summed E-state index contributed by atoms with van der Waals surface area (Å²) < 4.78 is 3.02. The zero-order chi connectivity index (χ0) is 14.5. The van der Waals surface area contributed by atoms with Crippen LogP contribution in [-0.4, -0.2) is 16.3 Å². The van der Waals surface area contributed by atoms with Crippen molar-refractivity contribution in [1.82, 2.24) is 15.1 Å². The number of hydrogen-bond donors (Lipinski definition) is 1. The summed E-state index contributed by atoms with van der Waals surface area (Å²) in [7, 11) is 1.96. The molecular weight excluding hydrogens is 314 g/mol. The number of aromatic nitrogens is 2. The summed E-state index contributed by atoms with van der Waals surface area (Å²) in [6.45, 7) is 5.36. The molecule has 3 nitrogen and oxygen atoms in total. The van der Waals surface area contributed by atoms with Gasteiger partial charge in [0, 0.05) is 23.8 Å². The van der Waals surface area contributed by atoms with Crippen molar-refractivity contribution in [3.05, 3.63) is 51.8 Å². The van der Waals surface area contributed by atoms with Crippen molar-refractivity contribution in [3.8, 4) is 0 Å². The van der Waals surface area contributed by atoms with Crippen LogP contribution in [0.1, 0.15) is 36.1 Å². The van der Waals surface area contributed by atoms with Gasteiger partial charge in [0.25, 0.3) is 0 Å². The van der Waals surface area contributed by atoms with E-state index in [-0.39, 0.29) is 0 Å². The summed E-state index contributed by atoms with van der Waals surface area (Å²) in [6.07, 6.45) is 6.15. The number of nitrogens with one attached hydrogen (secondary N) is 1.